The normalized spacial score (nSPS) is 17.6. The number of amides is 1. The third kappa shape index (κ3) is 3.01. The Morgan fingerprint density at radius 2 is 1.86 bits per heavy atom. The first-order valence-electron chi connectivity index (χ1n) is 6.64. The fourth-order valence-corrected chi connectivity index (χ4v) is 2.35. The molecule has 0 aromatic heterocycles. The number of piperidine rings is 1. The number of hydrogen-bond donors (Lipinski definition) is 0. The van der Waals surface area contributed by atoms with E-state index in [4.69, 9.17) is 0 Å². The van der Waals surface area contributed by atoms with E-state index >= 15 is 0 Å². The lowest BCUT2D eigenvalue weighted by molar-refractivity contribution is -0.387. The number of nitrogens with zero attached hydrogens (tertiary/aromatic N) is 2. The summed E-state index contributed by atoms with van der Waals surface area (Å²) in [4.78, 5) is 23.3. The topological polar surface area (TPSA) is 63.5 Å². The van der Waals surface area contributed by atoms with Crippen molar-refractivity contribution < 1.29 is 18.5 Å². The summed E-state index contributed by atoms with van der Waals surface area (Å²) in [7, 11) is 0. The highest BCUT2D eigenvalue weighted by Crippen LogP contribution is 2.31. The maximum absolute atomic E-state index is 14.0. The summed E-state index contributed by atoms with van der Waals surface area (Å²) >= 11 is 0. The van der Waals surface area contributed by atoms with Crippen LogP contribution in [0.15, 0.2) is 12.1 Å². The summed E-state index contributed by atoms with van der Waals surface area (Å²) < 4.78 is 27.8. The van der Waals surface area contributed by atoms with E-state index < -0.39 is 33.7 Å². The predicted molar refractivity (Wildman–Crippen MR) is 71.9 cm³/mol. The molecule has 1 heterocycles. The van der Waals surface area contributed by atoms with E-state index in [-0.39, 0.29) is 5.41 Å². The predicted octanol–water partition coefficient (Wildman–Crippen LogP) is 3.14. The SMILES string of the molecule is CC1(C)CCN(C(=O)c2c(F)ccc([N+](=O)[O-])c2F)CC1. The van der Waals surface area contributed by atoms with Gasteiger partial charge in [0.15, 0.2) is 0 Å². The van der Waals surface area contributed by atoms with Crippen LogP contribution < -0.4 is 0 Å². The molecular formula is C14H16F2N2O3. The van der Waals surface area contributed by atoms with Crippen molar-refractivity contribution in [3.05, 3.63) is 39.4 Å². The molecule has 0 N–H and O–H groups in total. The molecule has 2 rings (SSSR count). The van der Waals surface area contributed by atoms with Crippen LogP contribution in [0.5, 0.6) is 0 Å². The molecule has 0 atom stereocenters. The summed E-state index contributed by atoms with van der Waals surface area (Å²) in [5.74, 6) is -3.31. The van der Waals surface area contributed by atoms with Gasteiger partial charge in [0.2, 0.25) is 5.82 Å². The third-order valence-electron chi connectivity index (χ3n) is 3.89. The van der Waals surface area contributed by atoms with Gasteiger partial charge in [-0.3, -0.25) is 14.9 Å². The minimum Gasteiger partial charge on any atom is -0.338 e. The Kier molecular flexibility index (Phi) is 3.93. The molecule has 0 unspecified atom stereocenters. The highest BCUT2D eigenvalue weighted by molar-refractivity contribution is 5.95. The van der Waals surface area contributed by atoms with Crippen molar-refractivity contribution in [3.63, 3.8) is 0 Å². The van der Waals surface area contributed by atoms with Gasteiger partial charge in [-0.2, -0.15) is 4.39 Å². The Morgan fingerprint density at radius 3 is 2.38 bits per heavy atom. The van der Waals surface area contributed by atoms with Crippen molar-refractivity contribution in [2.45, 2.75) is 26.7 Å². The number of carbonyl (C=O) groups excluding carboxylic acids is 1. The first-order chi connectivity index (χ1) is 9.73. The first-order valence-corrected chi connectivity index (χ1v) is 6.64. The zero-order valence-corrected chi connectivity index (χ0v) is 11.9. The van der Waals surface area contributed by atoms with Crippen LogP contribution in [-0.4, -0.2) is 28.8 Å². The molecule has 1 saturated heterocycles. The summed E-state index contributed by atoms with van der Waals surface area (Å²) in [6, 6.07) is 1.48. The zero-order chi connectivity index (χ0) is 15.8. The molecule has 5 nitrogen and oxygen atoms in total. The lowest BCUT2D eigenvalue weighted by atomic mass is 9.82. The fourth-order valence-electron chi connectivity index (χ4n) is 2.35. The number of hydrogen-bond acceptors (Lipinski definition) is 3. The quantitative estimate of drug-likeness (QED) is 0.622. The molecule has 21 heavy (non-hydrogen) atoms. The van der Waals surface area contributed by atoms with Crippen LogP contribution in [0, 0.1) is 27.2 Å². The van der Waals surface area contributed by atoms with Gasteiger partial charge in [0.1, 0.15) is 11.4 Å². The van der Waals surface area contributed by atoms with E-state index in [0.29, 0.717) is 13.1 Å². The Hall–Kier alpha value is -2.05. The average Bonchev–Trinajstić information content (AvgIpc) is 2.38. The minimum atomic E-state index is -1.41. The molecule has 1 fully saturated rings. The highest BCUT2D eigenvalue weighted by atomic mass is 19.1. The summed E-state index contributed by atoms with van der Waals surface area (Å²) in [5.41, 5.74) is -1.66. The fraction of sp³-hybridized carbons (Fsp3) is 0.500. The molecule has 1 aromatic carbocycles. The molecule has 0 aliphatic carbocycles. The molecule has 1 aliphatic heterocycles. The van der Waals surface area contributed by atoms with E-state index in [1.54, 1.807) is 0 Å². The van der Waals surface area contributed by atoms with Crippen molar-refractivity contribution >= 4 is 11.6 Å². The van der Waals surface area contributed by atoms with E-state index in [9.17, 15) is 23.7 Å². The molecule has 1 aliphatic rings. The summed E-state index contributed by atoms with van der Waals surface area (Å²) in [5, 5.41) is 10.7. The standard InChI is InChI=1S/C14H16F2N2O3/c1-14(2)5-7-17(8-6-14)13(19)11-9(15)3-4-10(12(11)16)18(20)21/h3-4H,5-8H2,1-2H3. The molecule has 7 heteroatoms. The van der Waals surface area contributed by atoms with Crippen LogP contribution in [0.2, 0.25) is 0 Å². The van der Waals surface area contributed by atoms with Crippen LogP contribution >= 0.6 is 0 Å². The monoisotopic (exact) mass is 298 g/mol. The average molecular weight is 298 g/mol. The Bertz CT molecular complexity index is 592. The van der Waals surface area contributed by atoms with Gasteiger partial charge in [-0.25, -0.2) is 4.39 Å². The van der Waals surface area contributed by atoms with Crippen LogP contribution in [0.3, 0.4) is 0 Å². The van der Waals surface area contributed by atoms with Gasteiger partial charge in [-0.05, 0) is 24.3 Å². The van der Waals surface area contributed by atoms with Crippen molar-refractivity contribution in [1.29, 1.82) is 0 Å². The van der Waals surface area contributed by atoms with E-state index in [1.807, 2.05) is 0 Å². The lowest BCUT2D eigenvalue weighted by Crippen LogP contribution is -2.41. The number of halogens is 2. The van der Waals surface area contributed by atoms with Gasteiger partial charge in [-0.1, -0.05) is 13.8 Å². The highest BCUT2D eigenvalue weighted by Gasteiger charge is 2.33. The maximum atomic E-state index is 14.0. The Morgan fingerprint density at radius 1 is 1.29 bits per heavy atom. The lowest BCUT2D eigenvalue weighted by Gasteiger charge is -2.36. The van der Waals surface area contributed by atoms with E-state index in [1.165, 1.54) is 4.90 Å². The van der Waals surface area contributed by atoms with Gasteiger partial charge in [-0.15, -0.1) is 0 Å². The third-order valence-corrected chi connectivity index (χ3v) is 3.89. The van der Waals surface area contributed by atoms with Crippen molar-refractivity contribution in [2.24, 2.45) is 5.41 Å². The Balaban J connectivity index is 2.32. The van der Waals surface area contributed by atoms with Gasteiger partial charge >= 0.3 is 5.69 Å². The maximum Gasteiger partial charge on any atom is 0.305 e. The van der Waals surface area contributed by atoms with Crippen LogP contribution in [-0.2, 0) is 0 Å². The van der Waals surface area contributed by atoms with Crippen LogP contribution in [0.4, 0.5) is 14.5 Å². The molecule has 0 radical (unpaired) electrons. The number of carbonyl (C=O) groups is 1. The summed E-state index contributed by atoms with van der Waals surface area (Å²) in [6.45, 7) is 4.88. The Labute approximate surface area is 120 Å². The molecule has 114 valence electrons. The second-order valence-corrected chi connectivity index (χ2v) is 5.97. The smallest absolute Gasteiger partial charge is 0.305 e. The van der Waals surface area contributed by atoms with E-state index in [2.05, 4.69) is 13.8 Å². The van der Waals surface area contributed by atoms with Crippen molar-refractivity contribution in [3.8, 4) is 0 Å². The number of nitro benzene ring substituents is 1. The number of benzene rings is 1. The van der Waals surface area contributed by atoms with Crippen molar-refractivity contribution in [2.75, 3.05) is 13.1 Å². The molecule has 1 amide bonds. The number of likely N-dealkylation sites (tertiary alicyclic amines) is 1. The number of rotatable bonds is 2. The van der Waals surface area contributed by atoms with Gasteiger partial charge in [0, 0.05) is 19.2 Å². The molecule has 0 spiro atoms. The molecular weight excluding hydrogens is 282 g/mol. The minimum absolute atomic E-state index is 0.0799. The molecule has 0 saturated carbocycles. The molecule has 1 aromatic rings. The number of nitro groups is 1. The van der Waals surface area contributed by atoms with Gasteiger partial charge < -0.3 is 4.90 Å². The first kappa shape index (κ1) is 15.3. The van der Waals surface area contributed by atoms with Gasteiger partial charge in [0.05, 0.1) is 4.92 Å². The van der Waals surface area contributed by atoms with Crippen LogP contribution in [0.25, 0.3) is 0 Å². The summed E-state index contributed by atoms with van der Waals surface area (Å²) in [6.07, 6.45) is 1.44. The van der Waals surface area contributed by atoms with E-state index in [0.717, 1.165) is 25.0 Å². The zero-order valence-electron chi connectivity index (χ0n) is 11.9. The van der Waals surface area contributed by atoms with Crippen LogP contribution in [0.1, 0.15) is 37.0 Å². The largest absolute Gasteiger partial charge is 0.338 e. The molecule has 0 bridgehead atoms. The van der Waals surface area contributed by atoms with Crippen molar-refractivity contribution in [1.82, 2.24) is 4.90 Å². The second kappa shape index (κ2) is 5.38. The second-order valence-electron chi connectivity index (χ2n) is 5.97. The van der Waals surface area contributed by atoms with Gasteiger partial charge in [0.25, 0.3) is 5.91 Å².